The maximum absolute atomic E-state index is 13.2. The maximum Gasteiger partial charge on any atom is 0.323 e. The number of hydrogen-bond donors (Lipinski definition) is 0. The number of carbonyl (C=O) groups excluding carboxylic acids is 2. The molecule has 0 saturated carbocycles. The summed E-state index contributed by atoms with van der Waals surface area (Å²) in [6.45, 7) is 15.7. The summed E-state index contributed by atoms with van der Waals surface area (Å²) in [5, 5.41) is 0. The number of rotatable bonds is 21. The molecule has 2 aromatic carbocycles. The van der Waals surface area contributed by atoms with Gasteiger partial charge in [-0.25, -0.2) is 0 Å². The van der Waals surface area contributed by atoms with Gasteiger partial charge >= 0.3 is 5.97 Å². The summed E-state index contributed by atoms with van der Waals surface area (Å²) in [6, 6.07) is 12.1. The van der Waals surface area contributed by atoms with Crippen molar-refractivity contribution >= 4 is 11.8 Å². The predicted octanol–water partition coefficient (Wildman–Crippen LogP) is 11.9. The van der Waals surface area contributed by atoms with Crippen LogP contribution in [-0.2, 0) is 20.4 Å². The second kappa shape index (κ2) is 18.6. The Morgan fingerprint density at radius 2 is 1.22 bits per heavy atom. The van der Waals surface area contributed by atoms with Crippen molar-refractivity contribution in [2.75, 3.05) is 6.61 Å². The highest BCUT2D eigenvalue weighted by atomic mass is 16.5. The highest BCUT2D eigenvalue weighted by Gasteiger charge is 2.39. The molecule has 0 fully saturated rings. The summed E-state index contributed by atoms with van der Waals surface area (Å²) in [6.07, 6.45) is 21.0. The summed E-state index contributed by atoms with van der Waals surface area (Å²) in [4.78, 5) is 25.6. The molecular weight excluding hydrogens is 568 g/mol. The Balaban J connectivity index is 1.34. The van der Waals surface area contributed by atoms with Gasteiger partial charge in [0.05, 0.1) is 6.61 Å². The second-order valence-corrected chi connectivity index (χ2v) is 15.7. The topological polar surface area (TPSA) is 52.6 Å². The van der Waals surface area contributed by atoms with E-state index in [1.54, 1.807) is 0 Å². The molecule has 1 atom stereocenters. The van der Waals surface area contributed by atoms with Crippen molar-refractivity contribution in [3.05, 3.63) is 58.7 Å². The van der Waals surface area contributed by atoms with Crippen LogP contribution in [0.3, 0.4) is 0 Å². The van der Waals surface area contributed by atoms with E-state index in [0.717, 1.165) is 29.5 Å². The van der Waals surface area contributed by atoms with Crippen LogP contribution >= 0.6 is 0 Å². The third kappa shape index (κ3) is 12.2. The van der Waals surface area contributed by atoms with Gasteiger partial charge in [0, 0.05) is 24.0 Å². The second-order valence-electron chi connectivity index (χ2n) is 15.7. The lowest BCUT2D eigenvalue weighted by Crippen LogP contribution is -2.17. The number of Topliss-reactive ketones (excluding diaryl/α,β-unsaturated/α-hetero) is 1. The molecule has 0 radical (unpaired) electrons. The van der Waals surface area contributed by atoms with Crippen LogP contribution in [0.4, 0.5) is 0 Å². The molecule has 0 saturated heterocycles. The fraction of sp³-hybridized carbons (Fsp3) is 0.667. The summed E-state index contributed by atoms with van der Waals surface area (Å²) in [7, 11) is 0. The molecule has 1 unspecified atom stereocenters. The minimum Gasteiger partial charge on any atom is -0.493 e. The summed E-state index contributed by atoms with van der Waals surface area (Å²) < 4.78 is 11.8. The molecule has 46 heavy (non-hydrogen) atoms. The van der Waals surface area contributed by atoms with Crippen LogP contribution in [0.25, 0.3) is 0 Å². The zero-order chi connectivity index (χ0) is 33.6. The Labute approximate surface area is 281 Å². The van der Waals surface area contributed by atoms with Gasteiger partial charge in [-0.3, -0.25) is 9.59 Å². The summed E-state index contributed by atoms with van der Waals surface area (Å²) >= 11 is 0. The Bertz CT molecular complexity index is 1210. The Morgan fingerprint density at radius 3 is 1.72 bits per heavy atom. The van der Waals surface area contributed by atoms with Gasteiger partial charge in [-0.2, -0.15) is 0 Å². The Kier molecular flexibility index (Phi) is 15.3. The minimum atomic E-state index is -0.455. The highest BCUT2D eigenvalue weighted by Crippen LogP contribution is 2.47. The molecule has 0 amide bonds. The van der Waals surface area contributed by atoms with Crippen molar-refractivity contribution in [1.29, 1.82) is 0 Å². The first-order chi connectivity index (χ1) is 21.9. The third-order valence-corrected chi connectivity index (χ3v) is 9.46. The van der Waals surface area contributed by atoms with Crippen molar-refractivity contribution < 1.29 is 19.1 Å². The number of carbonyl (C=O) groups is 2. The predicted molar refractivity (Wildman–Crippen MR) is 192 cm³/mol. The molecule has 0 aliphatic carbocycles. The Morgan fingerprint density at radius 1 is 0.696 bits per heavy atom. The summed E-state index contributed by atoms with van der Waals surface area (Å²) in [5.41, 5.74) is 3.91. The highest BCUT2D eigenvalue weighted by molar-refractivity contribution is 5.90. The van der Waals surface area contributed by atoms with Crippen LogP contribution in [0.2, 0.25) is 0 Å². The van der Waals surface area contributed by atoms with E-state index in [4.69, 9.17) is 9.47 Å². The number of ether oxygens (including phenoxy) is 2. The van der Waals surface area contributed by atoms with Crippen molar-refractivity contribution in [2.45, 2.75) is 174 Å². The van der Waals surface area contributed by atoms with Crippen LogP contribution in [0, 0.1) is 0 Å². The van der Waals surface area contributed by atoms with Gasteiger partial charge in [0.15, 0.2) is 0 Å². The zero-order valence-corrected chi connectivity index (χ0v) is 30.4. The molecule has 2 aromatic rings. The Hall–Kier alpha value is -2.62. The first-order valence-electron chi connectivity index (χ1n) is 18.6. The average Bonchev–Trinajstić information content (AvgIpc) is 3.33. The molecule has 4 nitrogen and oxygen atoms in total. The number of fused-ring (bicyclic) bond motifs is 1. The van der Waals surface area contributed by atoms with Crippen LogP contribution in [-0.4, -0.2) is 18.4 Å². The smallest absolute Gasteiger partial charge is 0.323 e. The van der Waals surface area contributed by atoms with E-state index < -0.39 is 5.92 Å². The molecule has 1 aliphatic rings. The van der Waals surface area contributed by atoms with E-state index in [0.29, 0.717) is 30.9 Å². The van der Waals surface area contributed by atoms with Crippen LogP contribution in [0.15, 0.2) is 36.4 Å². The number of hydrogen-bond acceptors (Lipinski definition) is 4. The van der Waals surface area contributed by atoms with E-state index >= 15 is 0 Å². The molecule has 0 aromatic heterocycles. The molecule has 0 bridgehead atoms. The van der Waals surface area contributed by atoms with E-state index in [2.05, 4.69) is 60.6 Å². The van der Waals surface area contributed by atoms with E-state index in [9.17, 15) is 9.59 Å². The molecular formula is C42H64O4. The molecule has 1 aliphatic heterocycles. The number of benzene rings is 2. The normalized spacial score (nSPS) is 14.8. The van der Waals surface area contributed by atoms with Crippen LogP contribution in [0.5, 0.6) is 11.5 Å². The fourth-order valence-corrected chi connectivity index (χ4v) is 6.43. The molecule has 1 heterocycles. The number of unbranched alkanes of at least 4 members (excludes halogenated alkanes) is 14. The van der Waals surface area contributed by atoms with Crippen LogP contribution in [0.1, 0.15) is 186 Å². The van der Waals surface area contributed by atoms with Crippen molar-refractivity contribution in [3.63, 3.8) is 0 Å². The number of esters is 1. The molecule has 0 N–H and O–H groups in total. The molecule has 4 heteroatoms. The molecule has 0 spiro atoms. The van der Waals surface area contributed by atoms with Gasteiger partial charge in [-0.05, 0) is 40.5 Å². The standard InChI is InChI=1S/C42H64O4/c1-8-9-10-11-12-13-14-15-16-17-18-19-20-21-22-23-34(43)28-29-45-35-26-24-32(25-27-35)38-36-30-33(41(2,3)4)31-37(42(5,6)7)39(36)46-40(38)44/h24-27,30-31,38H,8-23,28-29H2,1-7H3. The largest absolute Gasteiger partial charge is 0.493 e. The van der Waals surface area contributed by atoms with Gasteiger partial charge < -0.3 is 9.47 Å². The van der Waals surface area contributed by atoms with E-state index in [1.807, 2.05) is 24.3 Å². The lowest BCUT2D eigenvalue weighted by molar-refractivity contribution is -0.133. The zero-order valence-electron chi connectivity index (χ0n) is 30.4. The summed E-state index contributed by atoms with van der Waals surface area (Å²) in [5.74, 6) is 1.02. The van der Waals surface area contributed by atoms with Gasteiger partial charge in [-0.15, -0.1) is 0 Å². The van der Waals surface area contributed by atoms with Crippen molar-refractivity contribution in [1.82, 2.24) is 0 Å². The van der Waals surface area contributed by atoms with Crippen molar-refractivity contribution in [3.8, 4) is 11.5 Å². The molecule has 256 valence electrons. The minimum absolute atomic E-state index is 0.0491. The monoisotopic (exact) mass is 632 g/mol. The third-order valence-electron chi connectivity index (χ3n) is 9.46. The average molecular weight is 633 g/mol. The van der Waals surface area contributed by atoms with Gasteiger partial charge in [-0.1, -0.05) is 163 Å². The SMILES string of the molecule is CCCCCCCCCCCCCCCCCC(=O)CCOc1ccc(C2C(=O)Oc3c2cc(C(C)(C)C)cc3C(C)(C)C)cc1. The van der Waals surface area contributed by atoms with E-state index in [-0.39, 0.29) is 22.6 Å². The molecule has 3 rings (SSSR count). The van der Waals surface area contributed by atoms with Gasteiger partial charge in [0.1, 0.15) is 23.2 Å². The fourth-order valence-electron chi connectivity index (χ4n) is 6.43. The van der Waals surface area contributed by atoms with Crippen molar-refractivity contribution in [2.24, 2.45) is 0 Å². The van der Waals surface area contributed by atoms with Gasteiger partial charge in [0.25, 0.3) is 0 Å². The van der Waals surface area contributed by atoms with Gasteiger partial charge in [0.2, 0.25) is 0 Å². The van der Waals surface area contributed by atoms with E-state index in [1.165, 1.54) is 89.0 Å². The van der Waals surface area contributed by atoms with Crippen LogP contribution < -0.4 is 9.47 Å². The first kappa shape index (κ1) is 37.8. The maximum atomic E-state index is 13.2. The first-order valence-corrected chi connectivity index (χ1v) is 18.6. The quantitative estimate of drug-likeness (QED) is 0.0780. The lowest BCUT2D eigenvalue weighted by Gasteiger charge is -2.27. The lowest BCUT2D eigenvalue weighted by atomic mass is 9.77. The number of ketones is 1.